The van der Waals surface area contributed by atoms with Crippen molar-refractivity contribution in [3.8, 4) is 0 Å². The Balaban J connectivity index is 1.78. The summed E-state index contributed by atoms with van der Waals surface area (Å²) in [6, 6.07) is 0. The van der Waals surface area contributed by atoms with Gasteiger partial charge in [0.05, 0.1) is 11.7 Å². The first-order chi connectivity index (χ1) is 6.24. The second kappa shape index (κ2) is 2.48. The zero-order chi connectivity index (χ0) is 9.05. The molecule has 2 heteroatoms. The highest BCUT2D eigenvalue weighted by molar-refractivity contribution is 5.19. The van der Waals surface area contributed by atoms with Crippen molar-refractivity contribution in [3.05, 3.63) is 0 Å². The quantitative estimate of drug-likeness (QED) is 0.667. The van der Waals surface area contributed by atoms with Gasteiger partial charge in [-0.25, -0.2) is 0 Å². The maximum absolute atomic E-state index is 10.5. The van der Waals surface area contributed by atoms with Gasteiger partial charge in [0.1, 0.15) is 0 Å². The topological polar surface area (TPSA) is 29.5 Å². The van der Waals surface area contributed by atoms with E-state index >= 15 is 0 Å². The van der Waals surface area contributed by atoms with Crippen LogP contribution in [0.15, 0.2) is 0 Å². The Morgan fingerprint density at radius 3 is 2.38 bits per heavy atom. The minimum Gasteiger partial charge on any atom is -0.389 e. The molecule has 0 aromatic carbocycles. The lowest BCUT2D eigenvalue weighted by molar-refractivity contribution is 0.00364. The van der Waals surface area contributed by atoms with Gasteiger partial charge in [-0.15, -0.1) is 0 Å². The van der Waals surface area contributed by atoms with Crippen LogP contribution in [0.3, 0.4) is 0 Å². The number of hydrogen-bond donors (Lipinski definition) is 1. The molecule has 1 N–H and O–H groups in total. The monoisotopic (exact) mass is 182 g/mol. The van der Waals surface area contributed by atoms with Gasteiger partial charge >= 0.3 is 0 Å². The number of ether oxygens (including phenoxy) is 1. The first-order valence-electron chi connectivity index (χ1n) is 5.58. The molecule has 0 bridgehead atoms. The molecule has 0 amide bonds. The molecule has 4 unspecified atom stereocenters. The summed E-state index contributed by atoms with van der Waals surface area (Å²) in [4.78, 5) is 0. The number of aliphatic hydroxyl groups is 1. The van der Waals surface area contributed by atoms with Crippen molar-refractivity contribution in [2.45, 2.75) is 44.3 Å². The molecule has 4 atom stereocenters. The first-order valence-corrected chi connectivity index (χ1v) is 5.58. The average Bonchev–Trinajstić information content (AvgIpc) is 2.61. The highest BCUT2D eigenvalue weighted by atomic mass is 16.5. The molecular formula is C11H18O2. The van der Waals surface area contributed by atoms with E-state index in [9.17, 15) is 5.11 Å². The average molecular weight is 182 g/mol. The van der Waals surface area contributed by atoms with Gasteiger partial charge in [-0.05, 0) is 38.0 Å². The summed E-state index contributed by atoms with van der Waals surface area (Å²) in [6.45, 7) is 2.97. The van der Waals surface area contributed by atoms with E-state index in [1.165, 1.54) is 19.3 Å². The summed E-state index contributed by atoms with van der Waals surface area (Å²) in [5, 5.41) is 10.5. The molecular weight excluding hydrogens is 164 g/mol. The summed E-state index contributed by atoms with van der Waals surface area (Å²) in [6.07, 6.45) is 5.20. The van der Waals surface area contributed by atoms with Crippen LogP contribution in [0.2, 0.25) is 0 Å². The van der Waals surface area contributed by atoms with E-state index in [0.717, 1.165) is 13.0 Å². The largest absolute Gasteiger partial charge is 0.389 e. The summed E-state index contributed by atoms with van der Waals surface area (Å²) < 4.78 is 5.54. The number of rotatable bonds is 1. The molecule has 2 aliphatic carbocycles. The zero-order valence-corrected chi connectivity index (χ0v) is 8.20. The van der Waals surface area contributed by atoms with Crippen LogP contribution in [-0.4, -0.2) is 23.4 Å². The van der Waals surface area contributed by atoms with Crippen LogP contribution in [0.5, 0.6) is 0 Å². The van der Waals surface area contributed by atoms with Gasteiger partial charge in [-0.1, -0.05) is 6.42 Å². The van der Waals surface area contributed by atoms with Crippen LogP contribution >= 0.6 is 0 Å². The van der Waals surface area contributed by atoms with E-state index in [1.54, 1.807) is 0 Å². The van der Waals surface area contributed by atoms with Crippen molar-refractivity contribution in [2.24, 2.45) is 17.8 Å². The van der Waals surface area contributed by atoms with Crippen LogP contribution < -0.4 is 0 Å². The predicted octanol–water partition coefficient (Wildman–Crippen LogP) is 1.57. The van der Waals surface area contributed by atoms with E-state index in [1.807, 2.05) is 0 Å². The van der Waals surface area contributed by atoms with Crippen LogP contribution in [0.25, 0.3) is 0 Å². The molecule has 13 heavy (non-hydrogen) atoms. The van der Waals surface area contributed by atoms with Gasteiger partial charge in [0, 0.05) is 12.5 Å². The number of hydrogen-bond acceptors (Lipinski definition) is 2. The second-order valence-corrected chi connectivity index (χ2v) is 5.00. The standard InChI is InChI=1S/C11H18O2/c1-7-8(5-6-13-7)11(12)9-3-2-4-10(9)11/h7-10,12H,2-6H2,1H3. The van der Waals surface area contributed by atoms with Crippen molar-refractivity contribution in [3.63, 3.8) is 0 Å². The van der Waals surface area contributed by atoms with Gasteiger partial charge in [-0.3, -0.25) is 0 Å². The van der Waals surface area contributed by atoms with Crippen LogP contribution in [0, 0.1) is 17.8 Å². The molecule has 2 saturated carbocycles. The van der Waals surface area contributed by atoms with Gasteiger partial charge in [0.2, 0.25) is 0 Å². The van der Waals surface area contributed by atoms with Crippen molar-refractivity contribution < 1.29 is 9.84 Å². The lowest BCUT2D eigenvalue weighted by Crippen LogP contribution is -2.32. The molecule has 0 aromatic rings. The summed E-state index contributed by atoms with van der Waals surface area (Å²) in [5.74, 6) is 1.69. The van der Waals surface area contributed by atoms with Gasteiger partial charge in [0.15, 0.2) is 0 Å². The summed E-state index contributed by atoms with van der Waals surface area (Å²) in [7, 11) is 0. The first kappa shape index (κ1) is 8.25. The third-order valence-electron chi connectivity index (χ3n) is 4.57. The van der Waals surface area contributed by atoms with E-state index in [4.69, 9.17) is 4.74 Å². The Morgan fingerprint density at radius 2 is 1.85 bits per heavy atom. The van der Waals surface area contributed by atoms with Gasteiger partial charge in [0.25, 0.3) is 0 Å². The van der Waals surface area contributed by atoms with Crippen LogP contribution in [0.4, 0.5) is 0 Å². The third kappa shape index (κ3) is 0.909. The zero-order valence-electron chi connectivity index (χ0n) is 8.20. The molecule has 1 saturated heterocycles. The maximum atomic E-state index is 10.5. The molecule has 3 fully saturated rings. The lowest BCUT2D eigenvalue weighted by Gasteiger charge is -2.24. The normalized spacial score (nSPS) is 59.5. The molecule has 3 rings (SSSR count). The Bertz CT molecular complexity index is 216. The van der Waals surface area contributed by atoms with E-state index in [2.05, 4.69) is 6.92 Å². The third-order valence-corrected chi connectivity index (χ3v) is 4.57. The molecule has 74 valence electrons. The Kier molecular flexibility index (Phi) is 1.58. The van der Waals surface area contributed by atoms with Crippen LogP contribution in [-0.2, 0) is 4.74 Å². The molecule has 3 aliphatic rings. The number of fused-ring (bicyclic) bond motifs is 1. The fourth-order valence-electron chi connectivity index (χ4n) is 3.86. The minimum atomic E-state index is -0.311. The predicted molar refractivity (Wildman–Crippen MR) is 49.3 cm³/mol. The van der Waals surface area contributed by atoms with Crippen molar-refractivity contribution in [1.82, 2.24) is 0 Å². The summed E-state index contributed by atoms with van der Waals surface area (Å²) >= 11 is 0. The molecule has 0 radical (unpaired) electrons. The van der Waals surface area contributed by atoms with E-state index in [0.29, 0.717) is 17.8 Å². The molecule has 1 heterocycles. The van der Waals surface area contributed by atoms with Crippen molar-refractivity contribution >= 4 is 0 Å². The highest BCUT2D eigenvalue weighted by Crippen LogP contribution is 2.65. The van der Waals surface area contributed by atoms with Crippen molar-refractivity contribution in [2.75, 3.05) is 6.61 Å². The lowest BCUT2D eigenvalue weighted by atomic mass is 9.88. The Labute approximate surface area is 79.3 Å². The summed E-state index contributed by atoms with van der Waals surface area (Å²) in [5.41, 5.74) is -0.311. The van der Waals surface area contributed by atoms with Gasteiger partial charge < -0.3 is 9.84 Å². The minimum absolute atomic E-state index is 0.288. The smallest absolute Gasteiger partial charge is 0.0764 e. The fraction of sp³-hybridized carbons (Fsp3) is 1.00. The van der Waals surface area contributed by atoms with Crippen molar-refractivity contribution in [1.29, 1.82) is 0 Å². The highest BCUT2D eigenvalue weighted by Gasteiger charge is 2.69. The molecule has 2 nitrogen and oxygen atoms in total. The Morgan fingerprint density at radius 1 is 1.15 bits per heavy atom. The Hall–Kier alpha value is -0.0800. The second-order valence-electron chi connectivity index (χ2n) is 5.00. The van der Waals surface area contributed by atoms with E-state index < -0.39 is 0 Å². The SMILES string of the molecule is CC1OCCC1C1(O)C2CCCC21. The molecule has 0 aromatic heterocycles. The van der Waals surface area contributed by atoms with Crippen LogP contribution in [0.1, 0.15) is 32.6 Å². The van der Waals surface area contributed by atoms with Gasteiger partial charge in [-0.2, -0.15) is 0 Å². The fourth-order valence-corrected chi connectivity index (χ4v) is 3.86. The van der Waals surface area contributed by atoms with E-state index in [-0.39, 0.29) is 11.7 Å². The molecule has 1 aliphatic heterocycles. The molecule has 0 spiro atoms. The maximum Gasteiger partial charge on any atom is 0.0764 e.